The van der Waals surface area contributed by atoms with Crippen molar-refractivity contribution in [3.63, 3.8) is 0 Å². The van der Waals surface area contributed by atoms with Crippen LogP contribution in [0.3, 0.4) is 0 Å². The van der Waals surface area contributed by atoms with Gasteiger partial charge in [0.1, 0.15) is 6.04 Å². The van der Waals surface area contributed by atoms with Gasteiger partial charge in [-0.05, 0) is 12.8 Å². The molecule has 0 spiro atoms. The maximum Gasteiger partial charge on any atom is 0.321 e. The zero-order valence-electron chi connectivity index (χ0n) is 8.65. The van der Waals surface area contributed by atoms with Gasteiger partial charge in [-0.25, -0.2) is 13.1 Å². The second kappa shape index (κ2) is 5.31. The van der Waals surface area contributed by atoms with Gasteiger partial charge in [-0.2, -0.15) is 0 Å². The van der Waals surface area contributed by atoms with Gasteiger partial charge in [0.15, 0.2) is 0 Å². The number of sulfonamides is 1. The molecule has 0 saturated heterocycles. The molecule has 0 aliphatic rings. The molecular formula is C8H17NO4S. The summed E-state index contributed by atoms with van der Waals surface area (Å²) in [5.41, 5.74) is 0. The lowest BCUT2D eigenvalue weighted by Gasteiger charge is -2.12. The van der Waals surface area contributed by atoms with Gasteiger partial charge < -0.3 is 5.11 Å². The number of hydrogen-bond acceptors (Lipinski definition) is 3. The third-order valence-electron chi connectivity index (χ3n) is 1.93. The molecule has 0 aliphatic carbocycles. The van der Waals surface area contributed by atoms with Crippen molar-refractivity contribution < 1.29 is 18.3 Å². The first kappa shape index (κ1) is 13.4. The standard InChI is InChI=1S/C8H17NO4S/c1-4-6(2)5-14(12,13)9-7(3)8(10)11/h6-7,9H,4-5H2,1-3H3,(H,10,11)/t6?,7-/m0/s1. The summed E-state index contributed by atoms with van der Waals surface area (Å²) in [7, 11) is -3.47. The first-order valence-corrected chi connectivity index (χ1v) is 6.16. The van der Waals surface area contributed by atoms with E-state index in [0.717, 1.165) is 6.42 Å². The molecule has 0 bridgehead atoms. The molecule has 0 radical (unpaired) electrons. The van der Waals surface area contributed by atoms with Crippen molar-refractivity contribution in [3.8, 4) is 0 Å². The van der Waals surface area contributed by atoms with Crippen LogP contribution >= 0.6 is 0 Å². The molecule has 0 aliphatic heterocycles. The molecule has 0 aromatic rings. The van der Waals surface area contributed by atoms with E-state index in [9.17, 15) is 13.2 Å². The van der Waals surface area contributed by atoms with Crippen LogP contribution in [0.25, 0.3) is 0 Å². The van der Waals surface area contributed by atoms with E-state index in [1.54, 1.807) is 0 Å². The molecule has 0 aromatic carbocycles. The predicted octanol–water partition coefficient (Wildman–Crippen LogP) is 0.425. The highest BCUT2D eigenvalue weighted by Gasteiger charge is 2.20. The predicted molar refractivity (Wildman–Crippen MR) is 53.5 cm³/mol. The number of hydrogen-bond donors (Lipinski definition) is 2. The number of carbonyl (C=O) groups is 1. The normalized spacial score (nSPS) is 16.2. The minimum atomic E-state index is -3.47. The molecule has 14 heavy (non-hydrogen) atoms. The maximum atomic E-state index is 11.3. The molecule has 1 unspecified atom stereocenters. The third-order valence-corrected chi connectivity index (χ3v) is 3.65. The molecule has 0 aromatic heterocycles. The lowest BCUT2D eigenvalue weighted by molar-refractivity contribution is -0.138. The zero-order valence-corrected chi connectivity index (χ0v) is 9.47. The van der Waals surface area contributed by atoms with Crippen molar-refractivity contribution in [1.82, 2.24) is 4.72 Å². The molecule has 2 atom stereocenters. The fourth-order valence-corrected chi connectivity index (χ4v) is 2.58. The number of nitrogens with one attached hydrogen (secondary N) is 1. The van der Waals surface area contributed by atoms with Crippen molar-refractivity contribution in [2.45, 2.75) is 33.2 Å². The highest BCUT2D eigenvalue weighted by molar-refractivity contribution is 7.89. The Balaban J connectivity index is 4.28. The van der Waals surface area contributed by atoms with Gasteiger partial charge in [0.05, 0.1) is 5.75 Å². The molecule has 2 N–H and O–H groups in total. The fourth-order valence-electron chi connectivity index (χ4n) is 0.860. The summed E-state index contributed by atoms with van der Waals surface area (Å²) >= 11 is 0. The van der Waals surface area contributed by atoms with Crippen molar-refractivity contribution in [3.05, 3.63) is 0 Å². The summed E-state index contributed by atoms with van der Waals surface area (Å²) in [4.78, 5) is 10.4. The van der Waals surface area contributed by atoms with E-state index in [1.807, 2.05) is 13.8 Å². The van der Waals surface area contributed by atoms with Gasteiger partial charge in [0, 0.05) is 0 Å². The van der Waals surface area contributed by atoms with Crippen LogP contribution in [0.1, 0.15) is 27.2 Å². The summed E-state index contributed by atoms with van der Waals surface area (Å²) in [6.45, 7) is 5.00. The van der Waals surface area contributed by atoms with Gasteiger partial charge in [-0.15, -0.1) is 0 Å². The summed E-state index contributed by atoms with van der Waals surface area (Å²) in [6.07, 6.45) is 0.752. The lowest BCUT2D eigenvalue weighted by atomic mass is 10.2. The van der Waals surface area contributed by atoms with E-state index in [-0.39, 0.29) is 11.7 Å². The molecule has 0 rings (SSSR count). The van der Waals surface area contributed by atoms with Gasteiger partial charge in [0.25, 0.3) is 0 Å². The van der Waals surface area contributed by atoms with Crippen LogP contribution in [0, 0.1) is 5.92 Å². The smallest absolute Gasteiger partial charge is 0.321 e. The maximum absolute atomic E-state index is 11.3. The summed E-state index contributed by atoms with van der Waals surface area (Å²) in [6, 6.07) is -1.07. The van der Waals surface area contributed by atoms with Crippen LogP contribution < -0.4 is 4.72 Å². The quantitative estimate of drug-likeness (QED) is 0.683. The van der Waals surface area contributed by atoms with E-state index in [4.69, 9.17) is 5.11 Å². The SMILES string of the molecule is CCC(C)CS(=O)(=O)N[C@@H](C)C(=O)O. The molecule has 84 valence electrons. The largest absolute Gasteiger partial charge is 0.480 e. The molecule has 0 heterocycles. The number of carboxylic acid groups (broad SMARTS) is 1. The van der Waals surface area contributed by atoms with Crippen LogP contribution in [0.2, 0.25) is 0 Å². The van der Waals surface area contributed by atoms with E-state index in [0.29, 0.717) is 0 Å². The summed E-state index contributed by atoms with van der Waals surface area (Å²) in [5.74, 6) is -1.16. The van der Waals surface area contributed by atoms with E-state index >= 15 is 0 Å². The fraction of sp³-hybridized carbons (Fsp3) is 0.875. The third kappa shape index (κ3) is 5.18. The highest BCUT2D eigenvalue weighted by atomic mass is 32.2. The Morgan fingerprint density at radius 2 is 1.93 bits per heavy atom. The Morgan fingerprint density at radius 3 is 2.29 bits per heavy atom. The molecular weight excluding hydrogens is 206 g/mol. The van der Waals surface area contributed by atoms with Crippen molar-refractivity contribution in [1.29, 1.82) is 0 Å². The number of rotatable bonds is 6. The molecule has 6 heteroatoms. The average molecular weight is 223 g/mol. The molecule has 5 nitrogen and oxygen atoms in total. The second-order valence-corrected chi connectivity index (χ2v) is 5.27. The van der Waals surface area contributed by atoms with Crippen molar-refractivity contribution in [2.24, 2.45) is 5.92 Å². The van der Waals surface area contributed by atoms with Crippen LogP contribution in [-0.2, 0) is 14.8 Å². The van der Waals surface area contributed by atoms with Gasteiger partial charge in [-0.1, -0.05) is 20.3 Å². The van der Waals surface area contributed by atoms with Crippen LogP contribution in [0.5, 0.6) is 0 Å². The minimum Gasteiger partial charge on any atom is -0.480 e. The van der Waals surface area contributed by atoms with Gasteiger partial charge in [-0.3, -0.25) is 4.79 Å². The molecule has 0 saturated carbocycles. The minimum absolute atomic E-state index is 0.0267. The topological polar surface area (TPSA) is 83.5 Å². The Labute approximate surface area is 84.6 Å². The van der Waals surface area contributed by atoms with E-state index in [1.165, 1.54) is 6.92 Å². The Bertz CT molecular complexity index is 286. The highest BCUT2D eigenvalue weighted by Crippen LogP contribution is 2.04. The Kier molecular flexibility index (Phi) is 5.07. The number of aliphatic carboxylic acids is 1. The van der Waals surface area contributed by atoms with E-state index < -0.39 is 22.0 Å². The summed E-state index contributed by atoms with van der Waals surface area (Å²) < 4.78 is 24.8. The second-order valence-electron chi connectivity index (χ2n) is 3.47. The van der Waals surface area contributed by atoms with Gasteiger partial charge >= 0.3 is 5.97 Å². The van der Waals surface area contributed by atoms with Crippen LogP contribution in [0.15, 0.2) is 0 Å². The van der Waals surface area contributed by atoms with Crippen LogP contribution in [0.4, 0.5) is 0 Å². The van der Waals surface area contributed by atoms with E-state index in [2.05, 4.69) is 4.72 Å². The number of carboxylic acids is 1. The Hall–Kier alpha value is -0.620. The first-order chi connectivity index (χ1) is 6.28. The molecule has 0 amide bonds. The summed E-state index contributed by atoms with van der Waals surface area (Å²) in [5, 5.41) is 8.51. The van der Waals surface area contributed by atoms with Crippen molar-refractivity contribution in [2.75, 3.05) is 5.75 Å². The monoisotopic (exact) mass is 223 g/mol. The molecule has 0 fully saturated rings. The van der Waals surface area contributed by atoms with Crippen LogP contribution in [-0.4, -0.2) is 31.3 Å². The first-order valence-electron chi connectivity index (χ1n) is 4.51. The Morgan fingerprint density at radius 1 is 1.43 bits per heavy atom. The van der Waals surface area contributed by atoms with Gasteiger partial charge in [0.2, 0.25) is 10.0 Å². The average Bonchev–Trinajstić information content (AvgIpc) is 2.02. The zero-order chi connectivity index (χ0) is 11.4. The lowest BCUT2D eigenvalue weighted by Crippen LogP contribution is -2.40. The van der Waals surface area contributed by atoms with Crippen molar-refractivity contribution >= 4 is 16.0 Å².